The molecule has 0 aliphatic heterocycles. The van der Waals surface area contributed by atoms with Gasteiger partial charge in [0, 0.05) is 17.7 Å². The second-order valence-corrected chi connectivity index (χ2v) is 5.07. The molecule has 1 aliphatic carbocycles. The van der Waals surface area contributed by atoms with Crippen LogP contribution < -0.4 is 4.74 Å². The van der Waals surface area contributed by atoms with Crippen molar-refractivity contribution >= 4 is 11.6 Å². The molecule has 100 valence electrons. The first-order chi connectivity index (χ1) is 9.67. The van der Waals surface area contributed by atoms with Crippen LogP contribution in [-0.2, 0) is 0 Å². The first kappa shape index (κ1) is 12.9. The van der Waals surface area contributed by atoms with Crippen molar-refractivity contribution in [2.24, 2.45) is 0 Å². The Morgan fingerprint density at radius 3 is 2.80 bits per heavy atom. The van der Waals surface area contributed by atoms with E-state index in [0.717, 1.165) is 18.5 Å². The Bertz CT molecular complexity index is 687. The highest BCUT2D eigenvalue weighted by Crippen LogP contribution is 2.40. The Morgan fingerprint density at radius 2 is 2.15 bits per heavy atom. The lowest BCUT2D eigenvalue weighted by atomic mass is 10.2. The molecule has 1 saturated carbocycles. The lowest BCUT2D eigenvalue weighted by Crippen LogP contribution is -1.96. The zero-order valence-corrected chi connectivity index (χ0v) is 11.2. The molecule has 3 nitrogen and oxygen atoms in total. The van der Waals surface area contributed by atoms with Crippen molar-refractivity contribution in [3.63, 3.8) is 0 Å². The van der Waals surface area contributed by atoms with E-state index in [-0.39, 0.29) is 16.7 Å². The minimum absolute atomic E-state index is 0.0708. The predicted octanol–water partition coefficient (Wildman–Crippen LogP) is 4.42. The van der Waals surface area contributed by atoms with Crippen LogP contribution in [0.25, 0.3) is 0 Å². The third-order valence-electron chi connectivity index (χ3n) is 3.07. The normalized spacial score (nSPS) is 13.8. The molecule has 5 heteroatoms. The molecule has 0 unspecified atom stereocenters. The molecule has 0 amide bonds. The van der Waals surface area contributed by atoms with Gasteiger partial charge in [0.2, 0.25) is 5.88 Å². The van der Waals surface area contributed by atoms with Crippen LogP contribution >= 0.6 is 11.6 Å². The van der Waals surface area contributed by atoms with E-state index in [1.54, 1.807) is 6.07 Å². The maximum absolute atomic E-state index is 13.7. The molecule has 1 aromatic heterocycles. The maximum Gasteiger partial charge on any atom is 0.221 e. The number of nitrogens with zero attached hydrogens (tertiary/aromatic N) is 2. The number of para-hydroxylation sites is 1. The highest BCUT2D eigenvalue weighted by Gasteiger charge is 2.26. The molecule has 1 aliphatic rings. The van der Waals surface area contributed by atoms with Gasteiger partial charge in [-0.1, -0.05) is 17.7 Å². The van der Waals surface area contributed by atoms with Crippen LogP contribution in [0.15, 0.2) is 30.3 Å². The number of ether oxygens (including phenoxy) is 1. The topological polar surface area (TPSA) is 45.9 Å². The summed E-state index contributed by atoms with van der Waals surface area (Å²) in [4.78, 5) is 4.32. The summed E-state index contributed by atoms with van der Waals surface area (Å²) in [5.41, 5.74) is 1.26. The molecule has 2 aromatic rings. The van der Waals surface area contributed by atoms with Gasteiger partial charge in [0.05, 0.1) is 16.7 Å². The van der Waals surface area contributed by atoms with Crippen LogP contribution in [0, 0.1) is 17.1 Å². The Labute approximate surface area is 120 Å². The molecule has 0 atom stereocenters. The van der Waals surface area contributed by atoms with Gasteiger partial charge in [-0.3, -0.25) is 0 Å². The van der Waals surface area contributed by atoms with Crippen molar-refractivity contribution in [2.75, 3.05) is 0 Å². The SMILES string of the molecule is N#Cc1cc(Oc2c(F)cccc2Cl)nc(C2CC2)c1. The van der Waals surface area contributed by atoms with E-state index in [2.05, 4.69) is 11.1 Å². The molecule has 1 aromatic carbocycles. The van der Waals surface area contributed by atoms with Crippen molar-refractivity contribution in [1.29, 1.82) is 5.26 Å². The van der Waals surface area contributed by atoms with Crippen LogP contribution in [0.3, 0.4) is 0 Å². The van der Waals surface area contributed by atoms with Crippen molar-refractivity contribution in [1.82, 2.24) is 4.98 Å². The Balaban J connectivity index is 1.98. The van der Waals surface area contributed by atoms with Crippen molar-refractivity contribution in [2.45, 2.75) is 18.8 Å². The third-order valence-corrected chi connectivity index (χ3v) is 3.37. The predicted molar refractivity (Wildman–Crippen MR) is 72.4 cm³/mol. The maximum atomic E-state index is 13.7. The Hall–Kier alpha value is -2.12. The van der Waals surface area contributed by atoms with Gasteiger partial charge in [0.25, 0.3) is 0 Å². The van der Waals surface area contributed by atoms with Crippen molar-refractivity contribution < 1.29 is 9.13 Å². The summed E-state index contributed by atoms with van der Waals surface area (Å²) in [7, 11) is 0. The summed E-state index contributed by atoms with van der Waals surface area (Å²) >= 11 is 5.91. The average Bonchev–Trinajstić information content (AvgIpc) is 3.27. The number of nitriles is 1. The molecule has 0 radical (unpaired) electrons. The van der Waals surface area contributed by atoms with Crippen LogP contribution in [0.4, 0.5) is 4.39 Å². The summed E-state index contributed by atoms with van der Waals surface area (Å²) in [6.45, 7) is 0. The lowest BCUT2D eigenvalue weighted by molar-refractivity contribution is 0.426. The lowest BCUT2D eigenvalue weighted by Gasteiger charge is -2.09. The highest BCUT2D eigenvalue weighted by atomic mass is 35.5. The van der Waals surface area contributed by atoms with Gasteiger partial charge in [0.1, 0.15) is 0 Å². The molecule has 3 rings (SSSR count). The van der Waals surface area contributed by atoms with E-state index in [4.69, 9.17) is 21.6 Å². The molecule has 1 heterocycles. The number of benzene rings is 1. The molecule has 20 heavy (non-hydrogen) atoms. The van der Waals surface area contributed by atoms with E-state index in [0.29, 0.717) is 11.5 Å². The molecular formula is C15H10ClFN2O. The van der Waals surface area contributed by atoms with Crippen molar-refractivity contribution in [3.8, 4) is 17.7 Å². The van der Waals surface area contributed by atoms with Gasteiger partial charge in [-0.05, 0) is 31.0 Å². The standard InChI is InChI=1S/C15H10ClFN2O/c16-11-2-1-3-12(17)15(11)20-14-7-9(8-18)6-13(19-14)10-4-5-10/h1-3,6-7,10H,4-5H2. The smallest absolute Gasteiger partial charge is 0.221 e. The number of hydrogen-bond donors (Lipinski definition) is 0. The molecule has 0 spiro atoms. The summed E-state index contributed by atoms with van der Waals surface area (Å²) in [5, 5.41) is 9.20. The number of pyridine rings is 1. The van der Waals surface area contributed by atoms with E-state index in [9.17, 15) is 4.39 Å². The molecule has 0 saturated heterocycles. The summed E-state index contributed by atoms with van der Waals surface area (Å²) in [6.07, 6.45) is 2.11. The van der Waals surface area contributed by atoms with Gasteiger partial charge in [0.15, 0.2) is 11.6 Å². The van der Waals surface area contributed by atoms with Gasteiger partial charge >= 0.3 is 0 Å². The van der Waals surface area contributed by atoms with Crippen LogP contribution in [0.1, 0.15) is 30.0 Å². The van der Waals surface area contributed by atoms with Gasteiger partial charge < -0.3 is 4.74 Å². The minimum Gasteiger partial charge on any atom is -0.434 e. The second-order valence-electron chi connectivity index (χ2n) is 4.66. The first-order valence-corrected chi connectivity index (χ1v) is 6.59. The largest absolute Gasteiger partial charge is 0.434 e. The van der Waals surface area contributed by atoms with Crippen LogP contribution in [0.2, 0.25) is 5.02 Å². The fraction of sp³-hybridized carbons (Fsp3) is 0.200. The van der Waals surface area contributed by atoms with Crippen molar-refractivity contribution in [3.05, 3.63) is 52.4 Å². The zero-order valence-electron chi connectivity index (χ0n) is 10.4. The zero-order chi connectivity index (χ0) is 14.1. The fourth-order valence-corrected chi connectivity index (χ4v) is 2.12. The summed E-state index contributed by atoms with van der Waals surface area (Å²) in [5.74, 6) is -0.0622. The number of hydrogen-bond acceptors (Lipinski definition) is 3. The van der Waals surface area contributed by atoms with E-state index >= 15 is 0 Å². The van der Waals surface area contributed by atoms with E-state index in [1.165, 1.54) is 24.3 Å². The van der Waals surface area contributed by atoms with E-state index in [1.807, 2.05) is 0 Å². The monoisotopic (exact) mass is 288 g/mol. The molecular weight excluding hydrogens is 279 g/mol. The Morgan fingerprint density at radius 1 is 1.35 bits per heavy atom. The summed E-state index contributed by atoms with van der Waals surface area (Å²) in [6, 6.07) is 9.58. The Kier molecular flexibility index (Phi) is 3.29. The van der Waals surface area contributed by atoms with E-state index < -0.39 is 5.82 Å². The van der Waals surface area contributed by atoms with Crippen LogP contribution in [-0.4, -0.2) is 4.98 Å². The first-order valence-electron chi connectivity index (χ1n) is 6.21. The van der Waals surface area contributed by atoms with Gasteiger partial charge in [-0.25, -0.2) is 9.37 Å². The molecule has 0 N–H and O–H groups in total. The fourth-order valence-electron chi connectivity index (χ4n) is 1.92. The number of halogens is 2. The van der Waals surface area contributed by atoms with Crippen LogP contribution in [0.5, 0.6) is 11.6 Å². The highest BCUT2D eigenvalue weighted by molar-refractivity contribution is 6.32. The quantitative estimate of drug-likeness (QED) is 0.840. The second kappa shape index (κ2) is 5.10. The average molecular weight is 289 g/mol. The van der Waals surface area contributed by atoms with Gasteiger partial charge in [-0.2, -0.15) is 5.26 Å². The third kappa shape index (κ3) is 2.59. The molecule has 1 fully saturated rings. The molecule has 0 bridgehead atoms. The number of rotatable bonds is 3. The van der Waals surface area contributed by atoms with Gasteiger partial charge in [-0.15, -0.1) is 0 Å². The minimum atomic E-state index is -0.561. The summed E-state index contributed by atoms with van der Waals surface area (Å²) < 4.78 is 19.1. The number of aromatic nitrogens is 1.